The van der Waals surface area contributed by atoms with Crippen LogP contribution in [-0.4, -0.2) is 9.55 Å². The number of benzene rings is 1. The molecule has 4 rings (SSSR count). The lowest BCUT2D eigenvalue weighted by atomic mass is 9.97. The van der Waals surface area contributed by atoms with Gasteiger partial charge in [-0.05, 0) is 49.8 Å². The molecule has 3 aromatic rings. The Bertz CT molecular complexity index is 958. The number of aryl methyl sites for hydroxylation is 3. The van der Waals surface area contributed by atoms with Gasteiger partial charge >= 0.3 is 0 Å². The Kier molecular flexibility index (Phi) is 3.74. The van der Waals surface area contributed by atoms with Crippen molar-refractivity contribution in [2.45, 2.75) is 38.5 Å². The third-order valence-electron chi connectivity index (χ3n) is 4.53. The van der Waals surface area contributed by atoms with Gasteiger partial charge in [0.2, 0.25) is 0 Å². The van der Waals surface area contributed by atoms with Gasteiger partial charge in [-0.25, -0.2) is 4.98 Å². The van der Waals surface area contributed by atoms with Crippen LogP contribution in [0.2, 0.25) is 0 Å². The number of halogens is 1. The molecule has 3 nitrogen and oxygen atoms in total. The quantitative estimate of drug-likeness (QED) is 0.647. The second-order valence-electron chi connectivity index (χ2n) is 5.98. The minimum absolute atomic E-state index is 0.0272. The largest absolute Gasteiger partial charge is 0.268 e. The maximum Gasteiger partial charge on any atom is 0.267 e. The van der Waals surface area contributed by atoms with Crippen LogP contribution in [0.3, 0.4) is 0 Å². The second-order valence-corrected chi connectivity index (χ2v) is 7.33. The van der Waals surface area contributed by atoms with E-state index in [1.807, 2.05) is 31.2 Å². The molecule has 1 aliphatic rings. The number of thiophene rings is 1. The summed E-state index contributed by atoms with van der Waals surface area (Å²) in [4.78, 5) is 20.2. The molecule has 0 fully saturated rings. The van der Waals surface area contributed by atoms with Crippen LogP contribution in [-0.2, 0) is 18.7 Å². The summed E-state index contributed by atoms with van der Waals surface area (Å²) in [6.07, 6.45) is 4.41. The van der Waals surface area contributed by atoms with Gasteiger partial charge in [-0.1, -0.05) is 18.2 Å². The van der Waals surface area contributed by atoms with Crippen LogP contribution in [0.15, 0.2) is 29.1 Å². The predicted octanol–water partition coefficient (Wildman–Crippen LogP) is 4.37. The molecule has 0 radical (unpaired) electrons. The Labute approximate surface area is 143 Å². The number of fused-ring (bicyclic) bond motifs is 3. The van der Waals surface area contributed by atoms with Crippen LogP contribution in [0.1, 0.15) is 34.7 Å². The summed E-state index contributed by atoms with van der Waals surface area (Å²) in [7, 11) is 0. The van der Waals surface area contributed by atoms with Gasteiger partial charge in [0.05, 0.1) is 17.0 Å². The van der Waals surface area contributed by atoms with Crippen LogP contribution in [0, 0.1) is 6.92 Å². The van der Waals surface area contributed by atoms with Crippen LogP contribution >= 0.6 is 22.9 Å². The van der Waals surface area contributed by atoms with Gasteiger partial charge in [-0.2, -0.15) is 0 Å². The summed E-state index contributed by atoms with van der Waals surface area (Å²) >= 11 is 7.78. The number of aromatic nitrogens is 2. The number of hydrogen-bond donors (Lipinski definition) is 0. The maximum atomic E-state index is 13.3. The fourth-order valence-electron chi connectivity index (χ4n) is 3.40. The smallest absolute Gasteiger partial charge is 0.267 e. The number of hydrogen-bond acceptors (Lipinski definition) is 3. The Morgan fingerprint density at radius 2 is 2.04 bits per heavy atom. The van der Waals surface area contributed by atoms with E-state index in [9.17, 15) is 4.79 Å². The van der Waals surface area contributed by atoms with Crippen molar-refractivity contribution < 1.29 is 0 Å². The molecule has 0 N–H and O–H groups in total. The molecule has 2 heterocycles. The molecule has 0 unspecified atom stereocenters. The van der Waals surface area contributed by atoms with Crippen molar-refractivity contribution >= 4 is 33.2 Å². The molecule has 1 aliphatic carbocycles. The molecule has 0 bridgehead atoms. The minimum atomic E-state index is 0.0272. The molecule has 23 heavy (non-hydrogen) atoms. The Hall–Kier alpha value is -1.65. The SMILES string of the molecule is Cc1ccccc1-n1c(CCl)nc2sc3c(c2c1=O)CCCC3. The van der Waals surface area contributed by atoms with Gasteiger partial charge in [0.15, 0.2) is 0 Å². The monoisotopic (exact) mass is 344 g/mol. The first kappa shape index (κ1) is 14.9. The van der Waals surface area contributed by atoms with Gasteiger partial charge in [-0.3, -0.25) is 9.36 Å². The van der Waals surface area contributed by atoms with Crippen molar-refractivity contribution in [1.29, 1.82) is 0 Å². The van der Waals surface area contributed by atoms with Crippen LogP contribution < -0.4 is 5.56 Å². The standard InChI is InChI=1S/C18H17ClN2OS/c1-11-6-2-4-8-13(11)21-15(10-19)20-17-16(18(21)22)12-7-3-5-9-14(12)23-17/h2,4,6,8H,3,5,7,9-10H2,1H3. The molecular formula is C18H17ClN2OS. The number of para-hydroxylation sites is 1. The third-order valence-corrected chi connectivity index (χ3v) is 5.96. The van der Waals surface area contributed by atoms with E-state index in [2.05, 4.69) is 0 Å². The highest BCUT2D eigenvalue weighted by atomic mass is 35.5. The normalized spacial score (nSPS) is 14.2. The summed E-state index contributed by atoms with van der Waals surface area (Å²) < 4.78 is 1.70. The van der Waals surface area contributed by atoms with E-state index < -0.39 is 0 Å². The van der Waals surface area contributed by atoms with Gasteiger partial charge in [0, 0.05) is 4.88 Å². The van der Waals surface area contributed by atoms with Crippen molar-refractivity contribution in [3.8, 4) is 5.69 Å². The van der Waals surface area contributed by atoms with E-state index in [1.54, 1.807) is 15.9 Å². The molecular weight excluding hydrogens is 328 g/mol. The number of alkyl halides is 1. The molecule has 0 amide bonds. The molecule has 0 spiro atoms. The average molecular weight is 345 g/mol. The van der Waals surface area contributed by atoms with Gasteiger partial charge in [-0.15, -0.1) is 22.9 Å². The molecule has 118 valence electrons. The molecule has 1 aromatic carbocycles. The molecule has 0 saturated heterocycles. The summed E-state index contributed by atoms with van der Waals surface area (Å²) in [5.74, 6) is 0.847. The van der Waals surface area contributed by atoms with E-state index >= 15 is 0 Å². The second kappa shape index (κ2) is 5.77. The van der Waals surface area contributed by atoms with Gasteiger partial charge < -0.3 is 0 Å². The summed E-state index contributed by atoms with van der Waals surface area (Å²) in [6.45, 7) is 2.01. The average Bonchev–Trinajstić information content (AvgIpc) is 2.94. The fraction of sp³-hybridized carbons (Fsp3) is 0.333. The first-order valence-electron chi connectivity index (χ1n) is 7.89. The van der Waals surface area contributed by atoms with Gasteiger partial charge in [0.1, 0.15) is 10.7 Å². The lowest BCUT2D eigenvalue weighted by molar-refractivity contribution is 0.699. The van der Waals surface area contributed by atoms with E-state index in [0.717, 1.165) is 40.7 Å². The summed E-state index contributed by atoms with van der Waals surface area (Å²) in [6, 6.07) is 7.88. The van der Waals surface area contributed by atoms with E-state index in [1.165, 1.54) is 16.9 Å². The van der Waals surface area contributed by atoms with E-state index in [4.69, 9.17) is 16.6 Å². The van der Waals surface area contributed by atoms with Crippen LogP contribution in [0.25, 0.3) is 15.9 Å². The van der Waals surface area contributed by atoms with Crippen LogP contribution in [0.5, 0.6) is 0 Å². The fourth-order valence-corrected chi connectivity index (χ4v) is 4.85. The first-order chi connectivity index (χ1) is 11.2. The molecule has 0 aliphatic heterocycles. The number of rotatable bonds is 2. The summed E-state index contributed by atoms with van der Waals surface area (Å²) in [5.41, 5.74) is 3.17. The topological polar surface area (TPSA) is 34.9 Å². The highest BCUT2D eigenvalue weighted by molar-refractivity contribution is 7.18. The number of nitrogens with zero attached hydrogens (tertiary/aromatic N) is 2. The van der Waals surface area contributed by atoms with Crippen molar-refractivity contribution in [2.75, 3.05) is 0 Å². The predicted molar refractivity (Wildman–Crippen MR) is 96.2 cm³/mol. The zero-order valence-corrected chi connectivity index (χ0v) is 14.5. The maximum absolute atomic E-state index is 13.3. The summed E-state index contributed by atoms with van der Waals surface area (Å²) in [5, 5.41) is 0.807. The molecule has 5 heteroatoms. The third kappa shape index (κ3) is 2.32. The minimum Gasteiger partial charge on any atom is -0.268 e. The molecule has 2 aromatic heterocycles. The zero-order valence-electron chi connectivity index (χ0n) is 12.9. The molecule has 0 atom stereocenters. The highest BCUT2D eigenvalue weighted by Crippen LogP contribution is 2.34. The van der Waals surface area contributed by atoms with Crippen molar-refractivity contribution in [3.63, 3.8) is 0 Å². The van der Waals surface area contributed by atoms with Crippen LogP contribution in [0.4, 0.5) is 0 Å². The van der Waals surface area contributed by atoms with E-state index in [-0.39, 0.29) is 11.4 Å². The Morgan fingerprint density at radius 3 is 2.83 bits per heavy atom. The first-order valence-corrected chi connectivity index (χ1v) is 9.24. The highest BCUT2D eigenvalue weighted by Gasteiger charge is 2.22. The van der Waals surface area contributed by atoms with E-state index in [0.29, 0.717) is 5.82 Å². The Balaban J connectivity index is 2.10. The lowest BCUT2D eigenvalue weighted by Crippen LogP contribution is -2.24. The van der Waals surface area contributed by atoms with Crippen molar-refractivity contribution in [2.24, 2.45) is 0 Å². The van der Waals surface area contributed by atoms with Crippen molar-refractivity contribution in [1.82, 2.24) is 9.55 Å². The molecule has 0 saturated carbocycles. The Morgan fingerprint density at radius 1 is 1.26 bits per heavy atom. The zero-order chi connectivity index (χ0) is 16.0. The lowest BCUT2D eigenvalue weighted by Gasteiger charge is -2.14. The van der Waals surface area contributed by atoms with Crippen molar-refractivity contribution in [3.05, 3.63) is 56.4 Å². The van der Waals surface area contributed by atoms with Gasteiger partial charge in [0.25, 0.3) is 5.56 Å².